The van der Waals surface area contributed by atoms with E-state index in [0.717, 1.165) is 30.9 Å². The van der Waals surface area contributed by atoms with Gasteiger partial charge >= 0.3 is 0 Å². The van der Waals surface area contributed by atoms with Crippen LogP contribution < -0.4 is 10.6 Å². The van der Waals surface area contributed by atoms with Gasteiger partial charge in [-0.25, -0.2) is 0 Å². The molecule has 0 aliphatic carbocycles. The molecule has 0 radical (unpaired) electrons. The Bertz CT molecular complexity index is 486. The molecule has 1 atom stereocenters. The molecule has 0 bridgehead atoms. The molecular formula is C13H20N4O3S. The largest absolute Gasteiger partial charge is 0.376 e. The second kappa shape index (κ2) is 8.04. The number of amides is 2. The number of nitrogens with zero attached hydrogens (tertiary/aromatic N) is 2. The highest BCUT2D eigenvalue weighted by Gasteiger charge is 2.16. The van der Waals surface area contributed by atoms with E-state index in [1.54, 1.807) is 0 Å². The molecule has 2 heterocycles. The van der Waals surface area contributed by atoms with Crippen molar-refractivity contribution in [1.29, 1.82) is 0 Å². The Labute approximate surface area is 127 Å². The number of hydrogen-bond acceptors (Lipinski definition) is 6. The molecule has 1 aliphatic heterocycles. The molecule has 1 fully saturated rings. The third kappa shape index (κ3) is 5.39. The van der Waals surface area contributed by atoms with Gasteiger partial charge in [-0.05, 0) is 19.3 Å². The summed E-state index contributed by atoms with van der Waals surface area (Å²) in [6, 6.07) is 0. The van der Waals surface area contributed by atoms with E-state index in [9.17, 15) is 9.59 Å². The summed E-state index contributed by atoms with van der Waals surface area (Å²) in [7, 11) is 0. The van der Waals surface area contributed by atoms with Crippen molar-refractivity contribution >= 4 is 28.3 Å². The molecule has 0 saturated carbocycles. The molecule has 2 amide bonds. The van der Waals surface area contributed by atoms with Gasteiger partial charge in [-0.3, -0.25) is 9.59 Å². The van der Waals surface area contributed by atoms with Gasteiger partial charge < -0.3 is 15.4 Å². The summed E-state index contributed by atoms with van der Waals surface area (Å²) in [6.07, 6.45) is 3.24. The average Bonchev–Trinajstić information content (AvgIpc) is 3.14. The van der Waals surface area contributed by atoms with Gasteiger partial charge in [0.05, 0.1) is 6.10 Å². The Hall–Kier alpha value is -1.54. The van der Waals surface area contributed by atoms with Crippen LogP contribution in [0.5, 0.6) is 0 Å². The fourth-order valence-electron chi connectivity index (χ4n) is 1.98. The lowest BCUT2D eigenvalue weighted by molar-refractivity contribution is -0.124. The normalized spacial score (nSPS) is 17.7. The molecule has 1 aliphatic rings. The third-order valence-corrected chi connectivity index (χ3v) is 4.13. The Kier molecular flexibility index (Phi) is 6.06. The fraction of sp³-hybridized carbons (Fsp3) is 0.692. The van der Waals surface area contributed by atoms with E-state index in [-0.39, 0.29) is 30.8 Å². The minimum absolute atomic E-state index is 0.122. The van der Waals surface area contributed by atoms with Crippen molar-refractivity contribution in [3.63, 3.8) is 0 Å². The minimum Gasteiger partial charge on any atom is -0.376 e. The van der Waals surface area contributed by atoms with E-state index < -0.39 is 0 Å². The number of anilines is 1. The number of rotatable bonds is 7. The first-order chi connectivity index (χ1) is 10.2. The lowest BCUT2D eigenvalue weighted by Gasteiger charge is -2.10. The van der Waals surface area contributed by atoms with Gasteiger partial charge in [0.15, 0.2) is 0 Å². The number of hydrogen-bond donors (Lipinski definition) is 2. The van der Waals surface area contributed by atoms with Crippen molar-refractivity contribution in [3.8, 4) is 0 Å². The van der Waals surface area contributed by atoms with Crippen LogP contribution >= 0.6 is 11.3 Å². The quantitative estimate of drug-likeness (QED) is 0.787. The van der Waals surface area contributed by atoms with E-state index >= 15 is 0 Å². The molecule has 1 aromatic rings. The molecule has 0 aromatic carbocycles. The lowest BCUT2D eigenvalue weighted by atomic mass is 10.2. The SMILES string of the molecule is CCc1nnc(NC(=O)CCC(=O)NC[C@@H]2CCCO2)s1. The summed E-state index contributed by atoms with van der Waals surface area (Å²) < 4.78 is 5.41. The number of ether oxygens (including phenoxy) is 1. The van der Waals surface area contributed by atoms with Crippen LogP contribution in [0.1, 0.15) is 37.6 Å². The summed E-state index contributed by atoms with van der Waals surface area (Å²) >= 11 is 1.35. The first-order valence-electron chi connectivity index (χ1n) is 7.18. The average molecular weight is 312 g/mol. The first-order valence-corrected chi connectivity index (χ1v) is 7.99. The van der Waals surface area contributed by atoms with Crippen LogP contribution in [-0.4, -0.2) is 41.3 Å². The van der Waals surface area contributed by atoms with Crippen LogP contribution in [0.3, 0.4) is 0 Å². The number of aryl methyl sites for hydroxylation is 1. The fourth-order valence-corrected chi connectivity index (χ4v) is 2.67. The highest BCUT2D eigenvalue weighted by molar-refractivity contribution is 7.15. The summed E-state index contributed by atoms with van der Waals surface area (Å²) in [4.78, 5) is 23.3. The van der Waals surface area contributed by atoms with E-state index in [1.165, 1.54) is 11.3 Å². The molecule has 116 valence electrons. The molecule has 21 heavy (non-hydrogen) atoms. The van der Waals surface area contributed by atoms with Crippen LogP contribution in [0.4, 0.5) is 5.13 Å². The van der Waals surface area contributed by atoms with Crippen molar-refractivity contribution in [2.24, 2.45) is 0 Å². The van der Waals surface area contributed by atoms with Gasteiger partial charge in [0.25, 0.3) is 0 Å². The minimum atomic E-state index is -0.221. The second-order valence-corrected chi connectivity index (χ2v) is 5.90. The zero-order valence-corrected chi connectivity index (χ0v) is 12.9. The predicted molar refractivity (Wildman–Crippen MR) is 79.1 cm³/mol. The van der Waals surface area contributed by atoms with Crippen molar-refractivity contribution in [2.45, 2.75) is 45.1 Å². The van der Waals surface area contributed by atoms with Gasteiger partial charge in [-0.1, -0.05) is 18.3 Å². The van der Waals surface area contributed by atoms with Crippen LogP contribution in [0.15, 0.2) is 0 Å². The Balaban J connectivity index is 1.62. The zero-order chi connectivity index (χ0) is 15.1. The van der Waals surface area contributed by atoms with Crippen LogP contribution in [0, 0.1) is 0 Å². The Morgan fingerprint density at radius 1 is 1.33 bits per heavy atom. The summed E-state index contributed by atoms with van der Waals surface area (Å²) in [6.45, 7) is 3.27. The second-order valence-electron chi connectivity index (χ2n) is 4.84. The van der Waals surface area contributed by atoms with Crippen molar-refractivity contribution in [2.75, 3.05) is 18.5 Å². The zero-order valence-electron chi connectivity index (χ0n) is 12.1. The van der Waals surface area contributed by atoms with E-state index in [2.05, 4.69) is 20.8 Å². The predicted octanol–water partition coefficient (Wildman–Crippen LogP) is 1.11. The Morgan fingerprint density at radius 3 is 2.81 bits per heavy atom. The van der Waals surface area contributed by atoms with Gasteiger partial charge in [-0.15, -0.1) is 10.2 Å². The van der Waals surface area contributed by atoms with Crippen LogP contribution in [0.2, 0.25) is 0 Å². The van der Waals surface area contributed by atoms with E-state index in [1.807, 2.05) is 6.92 Å². The highest BCUT2D eigenvalue weighted by atomic mass is 32.1. The summed E-state index contributed by atoms with van der Waals surface area (Å²) in [5.41, 5.74) is 0. The molecular weight excluding hydrogens is 292 g/mol. The summed E-state index contributed by atoms with van der Waals surface area (Å²) in [5.74, 6) is -0.353. The van der Waals surface area contributed by atoms with Gasteiger partial charge in [-0.2, -0.15) is 0 Å². The number of aromatic nitrogens is 2. The molecule has 0 spiro atoms. The monoisotopic (exact) mass is 312 g/mol. The molecule has 2 N–H and O–H groups in total. The topological polar surface area (TPSA) is 93.2 Å². The van der Waals surface area contributed by atoms with E-state index in [0.29, 0.717) is 11.7 Å². The number of carbonyl (C=O) groups excluding carboxylic acids is 2. The molecule has 8 heteroatoms. The molecule has 0 unspecified atom stereocenters. The van der Waals surface area contributed by atoms with Crippen molar-refractivity contribution in [3.05, 3.63) is 5.01 Å². The molecule has 1 saturated heterocycles. The van der Waals surface area contributed by atoms with Gasteiger partial charge in [0.1, 0.15) is 5.01 Å². The number of nitrogens with one attached hydrogen (secondary N) is 2. The maximum Gasteiger partial charge on any atom is 0.226 e. The van der Waals surface area contributed by atoms with Crippen LogP contribution in [-0.2, 0) is 20.7 Å². The van der Waals surface area contributed by atoms with Crippen molar-refractivity contribution in [1.82, 2.24) is 15.5 Å². The van der Waals surface area contributed by atoms with Crippen LogP contribution in [0.25, 0.3) is 0 Å². The third-order valence-electron chi connectivity index (χ3n) is 3.15. The Morgan fingerprint density at radius 2 is 2.14 bits per heavy atom. The van der Waals surface area contributed by atoms with E-state index in [4.69, 9.17) is 4.74 Å². The number of carbonyl (C=O) groups is 2. The summed E-state index contributed by atoms with van der Waals surface area (Å²) in [5, 5.41) is 14.6. The lowest BCUT2D eigenvalue weighted by Crippen LogP contribution is -2.32. The maximum atomic E-state index is 11.7. The molecule has 7 nitrogen and oxygen atoms in total. The smallest absolute Gasteiger partial charge is 0.226 e. The maximum absolute atomic E-state index is 11.7. The highest BCUT2D eigenvalue weighted by Crippen LogP contribution is 2.15. The standard InChI is InChI=1S/C13H20N4O3S/c1-2-12-16-17-13(21-12)15-11(19)6-5-10(18)14-8-9-4-3-7-20-9/h9H,2-8H2,1H3,(H,14,18)(H,15,17,19)/t9-/m0/s1. The molecule has 1 aromatic heterocycles. The van der Waals surface area contributed by atoms with Crippen molar-refractivity contribution < 1.29 is 14.3 Å². The first kappa shape index (κ1) is 15.8. The van der Waals surface area contributed by atoms with Gasteiger partial charge in [0, 0.05) is 26.0 Å². The molecule has 2 rings (SSSR count). The van der Waals surface area contributed by atoms with Gasteiger partial charge in [0.2, 0.25) is 16.9 Å².